The van der Waals surface area contributed by atoms with Gasteiger partial charge in [-0.05, 0) is 42.5 Å². The summed E-state index contributed by atoms with van der Waals surface area (Å²) < 4.78 is 47.8. The number of hydrogen-bond donors (Lipinski definition) is 5. The van der Waals surface area contributed by atoms with Gasteiger partial charge in [-0.2, -0.15) is 15.0 Å². The quantitative estimate of drug-likeness (QED) is 0.0312. The van der Waals surface area contributed by atoms with Crippen molar-refractivity contribution in [3.05, 3.63) is 87.3 Å². The largest absolute Gasteiger partial charge is 0.553 e. The Hall–Kier alpha value is -8.17. The molecule has 0 bridgehead atoms. The third-order valence-electron chi connectivity index (χ3n) is 7.12. The van der Waals surface area contributed by atoms with E-state index in [-0.39, 0.29) is 72.6 Å². The molecule has 0 unspecified atom stereocenters. The Kier molecular flexibility index (Phi) is 21.2. The Balaban J connectivity index is 0.00000541. The number of nitrogens with one attached hydrogen (secondary N) is 2. The molecule has 0 spiro atoms. The van der Waals surface area contributed by atoms with Crippen molar-refractivity contribution in [3.8, 4) is 34.5 Å². The molecule has 4 aromatic rings. The molecule has 0 saturated carbocycles. The van der Waals surface area contributed by atoms with E-state index in [0.717, 1.165) is 0 Å². The van der Waals surface area contributed by atoms with Crippen LogP contribution in [0.1, 0.15) is 11.4 Å². The van der Waals surface area contributed by atoms with Crippen molar-refractivity contribution in [1.82, 2.24) is 15.0 Å². The number of hydrogen-bond acceptors (Lipinski definition) is 17. The summed E-state index contributed by atoms with van der Waals surface area (Å²) in [7, 11) is 9.90. The van der Waals surface area contributed by atoms with Crippen LogP contribution in [0.2, 0.25) is 0 Å². The van der Waals surface area contributed by atoms with E-state index >= 15 is 0 Å². The van der Waals surface area contributed by atoms with Crippen LogP contribution in [0.15, 0.2) is 54.6 Å². The van der Waals surface area contributed by atoms with Crippen molar-refractivity contribution in [2.24, 2.45) is 0 Å². The predicted octanol–water partition coefficient (Wildman–Crippen LogP) is 4.68. The number of benzene rings is 3. The number of aromatic nitrogens is 3. The second-order valence-electron chi connectivity index (χ2n) is 11.1. The standard InChI is InChI=1S/C37H46N5O12.3Rf/c1-46-10-13-49-16-19-52-27-4-7-32(43)26(22-27)23-35-40-36(38-30-24-28(5-8-33(30)44)53-20-17-50-14-11-47-2)42-37(41-35)39-31-25-29(6-9-34(31)45)54-21-18-51-15-12-48-3;;;/h4-9,22,24-25,43-45H,1-3,10-21,23H2,(H2,38,39,40,41,42);;;/q-3;;;. The number of nitrogens with zero attached hydrogens (tertiary/aromatic N) is 3. The molecule has 3 aromatic carbocycles. The molecule has 1 heterocycles. The Morgan fingerprint density at radius 1 is 0.456 bits per heavy atom. The van der Waals surface area contributed by atoms with E-state index in [1.165, 1.54) is 18.2 Å². The Labute approximate surface area is 314 Å². The van der Waals surface area contributed by atoms with Gasteiger partial charge in [0.2, 0.25) is 11.9 Å². The fourth-order valence-corrected chi connectivity index (χ4v) is 4.54. The van der Waals surface area contributed by atoms with Gasteiger partial charge in [0.05, 0.1) is 51.0 Å². The molecular formula is C37H46N5O12Rf3-3. The first-order chi connectivity index (χ1) is 26.4. The molecule has 300 valence electrons. The van der Waals surface area contributed by atoms with Crippen LogP contribution in [-0.2, 0) is 34.8 Å². The average Bonchev–Trinajstić information content (AvgIpc) is 3.16. The van der Waals surface area contributed by atoms with Crippen LogP contribution in [0.5, 0.6) is 34.5 Å². The molecule has 0 fully saturated rings. The van der Waals surface area contributed by atoms with E-state index in [0.29, 0.717) is 82.3 Å². The summed E-state index contributed by atoms with van der Waals surface area (Å²) in [4.78, 5) is 13.6. The normalized spacial score (nSPS) is 10.4. The molecule has 20 heteroatoms. The summed E-state index contributed by atoms with van der Waals surface area (Å²) in [6.45, 7) is 3.97. The molecule has 0 aliphatic rings. The first-order valence-corrected chi connectivity index (χ1v) is 16.9. The maximum atomic E-state index is 10.7. The molecule has 0 saturated heterocycles. The van der Waals surface area contributed by atoms with Gasteiger partial charge in [-0.3, -0.25) is 0 Å². The smallest absolute Gasteiger partial charge is 0.232 e. The molecule has 4 rings (SSSR count). The number of phenols is 3. The molecule has 1 aromatic heterocycles. The van der Waals surface area contributed by atoms with Crippen LogP contribution in [0, 0.1) is 21.3 Å². The number of aromatic hydroxyl groups is 3. The predicted molar refractivity (Wildman–Crippen MR) is 196 cm³/mol. The first kappa shape index (κ1) is 46.9. The minimum atomic E-state index is -0.0987. The van der Waals surface area contributed by atoms with Crippen LogP contribution < -0.4 is 24.8 Å². The fourth-order valence-electron chi connectivity index (χ4n) is 4.54. The molecule has 0 amide bonds. The van der Waals surface area contributed by atoms with Crippen LogP contribution >= 0.6 is 0 Å². The van der Waals surface area contributed by atoms with E-state index in [2.05, 4.69) is 46.9 Å². The molecule has 57 heavy (non-hydrogen) atoms. The zero-order valence-corrected chi connectivity index (χ0v) is 51.2. The van der Waals surface area contributed by atoms with E-state index < -0.39 is 0 Å². The maximum Gasteiger partial charge on any atom is 0.232 e. The third-order valence-corrected chi connectivity index (χ3v) is 7.12. The van der Waals surface area contributed by atoms with Gasteiger partial charge >= 0.3 is 0 Å². The maximum absolute atomic E-state index is 10.7. The van der Waals surface area contributed by atoms with E-state index in [1.807, 2.05) is 0 Å². The van der Waals surface area contributed by atoms with Crippen LogP contribution in [-0.4, -0.2) is 110 Å². The number of anilines is 4. The SMILES string of the molecule is [CH2-]OCCOCCOc1ccc(O)c(Cc2nc(Nc3cc(OCCOCCO[CH2-])ccc3O)nc(Nc3cc(OCCOCCO[CH2-])ccc3O)n2)c1.[Rf].[Rf].[Rf]. The summed E-state index contributed by atoms with van der Waals surface area (Å²) in [6, 6.07) is 14.1. The number of rotatable bonds is 27. The topological polar surface area (TPSA) is 206 Å². The van der Waals surface area contributed by atoms with Crippen LogP contribution in [0.3, 0.4) is 0 Å². The molecule has 17 nitrogen and oxygen atoms in total. The van der Waals surface area contributed by atoms with Gasteiger partial charge in [0.15, 0.2) is 0 Å². The molecule has 0 aliphatic carbocycles. The van der Waals surface area contributed by atoms with Crippen molar-refractivity contribution in [1.29, 1.82) is 0 Å². The van der Waals surface area contributed by atoms with Crippen molar-refractivity contribution in [3.63, 3.8) is 0 Å². The van der Waals surface area contributed by atoms with Crippen molar-refractivity contribution in [2.45, 2.75) is 6.42 Å². The minimum Gasteiger partial charge on any atom is -0.553 e. The fraction of sp³-hybridized carbons (Fsp3) is 0.351. The zero-order valence-electron chi connectivity index (χ0n) is 32.0. The Bertz CT molecular complexity index is 1510. The average molecular weight is 1550 g/mol. The molecule has 0 radical (unpaired) electrons. The van der Waals surface area contributed by atoms with Gasteiger partial charge in [-0.25, -0.2) is 21.3 Å². The van der Waals surface area contributed by atoms with E-state index in [4.69, 9.17) is 42.6 Å². The number of phenolic OH excluding ortho intramolecular Hbond substituents is 3. The summed E-state index contributed by atoms with van der Waals surface area (Å²) in [5.74, 6) is 1.49. The molecule has 0 atom stereocenters. The van der Waals surface area contributed by atoms with E-state index in [1.54, 1.807) is 36.4 Å². The van der Waals surface area contributed by atoms with Crippen molar-refractivity contribution < 1.29 is 58.0 Å². The van der Waals surface area contributed by atoms with Crippen LogP contribution in [0.4, 0.5) is 23.3 Å². The Morgan fingerprint density at radius 3 is 1.23 bits per heavy atom. The molecule has 5 N–H and O–H groups in total. The number of ether oxygens (including phenoxy) is 9. The second kappa shape index (κ2) is 25.7. The van der Waals surface area contributed by atoms with Gasteiger partial charge in [0.1, 0.15) is 60.1 Å². The van der Waals surface area contributed by atoms with Gasteiger partial charge in [-0.15, -0.1) is 0 Å². The summed E-state index contributed by atoms with van der Waals surface area (Å²) in [5.41, 5.74) is 0.948. The summed E-state index contributed by atoms with van der Waals surface area (Å²) in [5, 5.41) is 38.2. The summed E-state index contributed by atoms with van der Waals surface area (Å²) >= 11 is 0. The van der Waals surface area contributed by atoms with Gasteiger partial charge in [0, 0.05) is 43.9 Å². The van der Waals surface area contributed by atoms with Gasteiger partial charge in [-0.1, -0.05) is 0 Å². The zero-order chi connectivity index (χ0) is 38.4. The van der Waals surface area contributed by atoms with Gasteiger partial charge in [0.25, 0.3) is 0 Å². The molecule has 0 aliphatic heterocycles. The van der Waals surface area contributed by atoms with Gasteiger partial charge < -0.3 is 68.6 Å². The molecular weight excluding hydrogens is 1510 g/mol. The van der Waals surface area contributed by atoms with Crippen LogP contribution in [0.25, 0.3) is 0 Å². The van der Waals surface area contributed by atoms with Crippen molar-refractivity contribution in [2.75, 3.05) is 89.9 Å². The summed E-state index contributed by atoms with van der Waals surface area (Å²) in [6.07, 6.45) is 0.0504. The minimum absolute atomic E-state index is 0. The first-order valence-electron chi connectivity index (χ1n) is 16.9. The second-order valence-corrected chi connectivity index (χ2v) is 11.1. The Morgan fingerprint density at radius 2 is 0.825 bits per heavy atom. The third kappa shape index (κ3) is 16.2. The van der Waals surface area contributed by atoms with Crippen molar-refractivity contribution >= 4 is 23.3 Å². The monoisotopic (exact) mass is 1550 g/mol. The van der Waals surface area contributed by atoms with E-state index in [9.17, 15) is 15.3 Å².